The maximum Gasteiger partial charge on any atom is 0.238 e. The Kier molecular flexibility index (Phi) is 5.77. The zero-order valence-electron chi connectivity index (χ0n) is 16.7. The van der Waals surface area contributed by atoms with Crippen LogP contribution in [-0.2, 0) is 22.9 Å². The number of fused-ring (bicyclic) bond motifs is 1. The van der Waals surface area contributed by atoms with Crippen molar-refractivity contribution in [2.24, 2.45) is 5.14 Å². The van der Waals surface area contributed by atoms with E-state index in [0.29, 0.717) is 12.8 Å². The Bertz CT molecular complexity index is 1400. The van der Waals surface area contributed by atoms with Gasteiger partial charge in [-0.1, -0.05) is 72.5 Å². The molecule has 0 unspecified atom stereocenters. The van der Waals surface area contributed by atoms with Crippen LogP contribution in [0.5, 0.6) is 5.75 Å². The van der Waals surface area contributed by atoms with Gasteiger partial charge in [0.25, 0.3) is 0 Å². The van der Waals surface area contributed by atoms with Crippen LogP contribution in [0.25, 0.3) is 10.8 Å². The lowest BCUT2D eigenvalue weighted by Gasteiger charge is -2.09. The summed E-state index contributed by atoms with van der Waals surface area (Å²) in [4.78, 5) is 0.0838. The molecule has 4 rings (SSSR count). The van der Waals surface area contributed by atoms with Gasteiger partial charge in [-0.25, -0.2) is 13.6 Å². The van der Waals surface area contributed by atoms with Crippen LogP contribution in [0.4, 0.5) is 0 Å². The number of primary sulfonamides is 1. The zero-order chi connectivity index (χ0) is 21.8. The molecule has 154 valence electrons. The number of phenolic OH excluding ortho intramolecular Hbond substituents is 1. The summed E-state index contributed by atoms with van der Waals surface area (Å²) < 4.78 is 22.7. The first kappa shape index (κ1) is 20.7. The van der Waals surface area contributed by atoms with E-state index in [2.05, 4.69) is 11.8 Å². The van der Waals surface area contributed by atoms with Crippen molar-refractivity contribution in [2.75, 3.05) is 0 Å². The van der Waals surface area contributed by atoms with Crippen LogP contribution >= 0.6 is 0 Å². The van der Waals surface area contributed by atoms with E-state index in [0.717, 1.165) is 33.0 Å². The molecule has 5 heteroatoms. The minimum absolute atomic E-state index is 0.0838. The van der Waals surface area contributed by atoms with Crippen molar-refractivity contribution in [1.29, 1.82) is 0 Å². The number of rotatable bonds is 4. The van der Waals surface area contributed by atoms with Crippen LogP contribution in [0.15, 0.2) is 89.8 Å². The Labute approximate surface area is 182 Å². The molecule has 0 aliphatic carbocycles. The van der Waals surface area contributed by atoms with Gasteiger partial charge < -0.3 is 5.11 Å². The first-order chi connectivity index (χ1) is 14.9. The molecular formula is C26H21NO3S. The molecule has 0 atom stereocenters. The fourth-order valence-corrected chi connectivity index (χ4v) is 3.95. The normalized spacial score (nSPS) is 11.1. The zero-order valence-corrected chi connectivity index (χ0v) is 17.6. The maximum absolute atomic E-state index is 11.3. The Morgan fingerprint density at radius 2 is 1.55 bits per heavy atom. The Hall–Kier alpha value is -3.59. The number of hydrogen-bond acceptors (Lipinski definition) is 3. The second-order valence-corrected chi connectivity index (χ2v) is 8.90. The van der Waals surface area contributed by atoms with Crippen molar-refractivity contribution >= 4 is 20.8 Å². The van der Waals surface area contributed by atoms with Gasteiger partial charge in [0.15, 0.2) is 0 Å². The number of phenols is 1. The van der Waals surface area contributed by atoms with Crippen LogP contribution in [-0.4, -0.2) is 13.5 Å². The summed E-state index contributed by atoms with van der Waals surface area (Å²) in [5.41, 5.74) is 3.72. The molecule has 0 aromatic heterocycles. The summed E-state index contributed by atoms with van der Waals surface area (Å²) in [6, 6.07) is 26.2. The van der Waals surface area contributed by atoms with E-state index in [9.17, 15) is 13.5 Å². The standard InChI is InChI=1S/C26H21NO3S/c27-31(29,30)24-15-10-19(11-16-24)7-4-8-21-9-12-22-13-14-23(26(28)25(22)18-21)17-20-5-2-1-3-6-20/h1-3,5-6,9-16,18,28H,7,17H2,(H2,27,29,30). The number of aromatic hydroxyl groups is 1. The van der Waals surface area contributed by atoms with Gasteiger partial charge in [-0.05, 0) is 46.3 Å². The maximum atomic E-state index is 11.3. The molecule has 0 radical (unpaired) electrons. The topological polar surface area (TPSA) is 80.4 Å². The van der Waals surface area contributed by atoms with Gasteiger partial charge in [0, 0.05) is 23.8 Å². The quantitative estimate of drug-likeness (QED) is 0.475. The molecule has 0 saturated heterocycles. The van der Waals surface area contributed by atoms with Crippen molar-refractivity contribution in [1.82, 2.24) is 0 Å². The van der Waals surface area contributed by atoms with Gasteiger partial charge in [-0.3, -0.25) is 0 Å². The van der Waals surface area contributed by atoms with Crippen LogP contribution in [0.3, 0.4) is 0 Å². The highest BCUT2D eigenvalue weighted by Gasteiger charge is 2.08. The summed E-state index contributed by atoms with van der Waals surface area (Å²) >= 11 is 0. The molecule has 0 heterocycles. The molecule has 4 nitrogen and oxygen atoms in total. The minimum Gasteiger partial charge on any atom is -0.507 e. The molecule has 0 aliphatic heterocycles. The molecule has 0 amide bonds. The summed E-state index contributed by atoms with van der Waals surface area (Å²) in [6.07, 6.45) is 1.13. The molecule has 3 N–H and O–H groups in total. The number of hydrogen-bond donors (Lipinski definition) is 2. The Morgan fingerprint density at radius 3 is 2.26 bits per heavy atom. The highest BCUT2D eigenvalue weighted by Crippen LogP contribution is 2.31. The molecule has 0 saturated carbocycles. The lowest BCUT2D eigenvalue weighted by atomic mass is 9.98. The van der Waals surface area contributed by atoms with Gasteiger partial charge in [-0.2, -0.15) is 0 Å². The Morgan fingerprint density at radius 1 is 0.839 bits per heavy atom. The summed E-state index contributed by atoms with van der Waals surface area (Å²) in [5, 5.41) is 17.7. The van der Waals surface area contributed by atoms with E-state index in [1.54, 1.807) is 12.1 Å². The summed E-state index contributed by atoms with van der Waals surface area (Å²) in [7, 11) is -3.69. The highest BCUT2D eigenvalue weighted by atomic mass is 32.2. The van der Waals surface area contributed by atoms with Gasteiger partial charge in [0.2, 0.25) is 10.0 Å². The van der Waals surface area contributed by atoms with Gasteiger partial charge in [-0.15, -0.1) is 0 Å². The van der Waals surface area contributed by atoms with E-state index in [-0.39, 0.29) is 10.6 Å². The fraction of sp³-hybridized carbons (Fsp3) is 0.0769. The van der Waals surface area contributed by atoms with Crippen molar-refractivity contribution in [3.63, 3.8) is 0 Å². The van der Waals surface area contributed by atoms with Crippen LogP contribution < -0.4 is 5.14 Å². The van der Waals surface area contributed by atoms with Crippen molar-refractivity contribution in [3.8, 4) is 17.6 Å². The number of nitrogens with two attached hydrogens (primary N) is 1. The third kappa shape index (κ3) is 4.95. The second-order valence-electron chi connectivity index (χ2n) is 7.34. The van der Waals surface area contributed by atoms with Crippen LogP contribution in [0.1, 0.15) is 22.3 Å². The molecule has 0 spiro atoms. The van der Waals surface area contributed by atoms with Crippen molar-refractivity contribution < 1.29 is 13.5 Å². The lowest BCUT2D eigenvalue weighted by Crippen LogP contribution is -2.11. The monoisotopic (exact) mass is 427 g/mol. The van der Waals surface area contributed by atoms with Gasteiger partial charge in [0.1, 0.15) is 5.75 Å². The molecule has 0 bridgehead atoms. The number of sulfonamides is 1. The SMILES string of the molecule is NS(=O)(=O)c1ccc(CC#Cc2ccc3ccc(Cc4ccccc4)c(O)c3c2)cc1. The second kappa shape index (κ2) is 8.65. The molecule has 4 aromatic rings. The minimum atomic E-state index is -3.69. The van der Waals surface area contributed by atoms with E-state index >= 15 is 0 Å². The number of benzene rings is 4. The van der Waals surface area contributed by atoms with Crippen LogP contribution in [0, 0.1) is 11.8 Å². The summed E-state index contributed by atoms with van der Waals surface area (Å²) in [6.45, 7) is 0. The van der Waals surface area contributed by atoms with Crippen molar-refractivity contribution in [2.45, 2.75) is 17.7 Å². The average molecular weight is 428 g/mol. The van der Waals surface area contributed by atoms with E-state index in [1.807, 2.05) is 60.7 Å². The molecule has 31 heavy (non-hydrogen) atoms. The smallest absolute Gasteiger partial charge is 0.238 e. The largest absolute Gasteiger partial charge is 0.507 e. The lowest BCUT2D eigenvalue weighted by molar-refractivity contribution is 0.476. The first-order valence-electron chi connectivity index (χ1n) is 9.79. The highest BCUT2D eigenvalue weighted by molar-refractivity contribution is 7.89. The van der Waals surface area contributed by atoms with E-state index in [1.165, 1.54) is 12.1 Å². The fourth-order valence-electron chi connectivity index (χ4n) is 3.43. The molecule has 4 aromatic carbocycles. The third-order valence-electron chi connectivity index (χ3n) is 5.09. The average Bonchev–Trinajstić information content (AvgIpc) is 2.76. The summed E-state index contributed by atoms with van der Waals surface area (Å²) in [5.74, 6) is 6.51. The van der Waals surface area contributed by atoms with Crippen LogP contribution in [0.2, 0.25) is 0 Å². The Balaban J connectivity index is 1.56. The van der Waals surface area contributed by atoms with Crippen molar-refractivity contribution in [3.05, 3.63) is 107 Å². The van der Waals surface area contributed by atoms with Gasteiger partial charge in [0.05, 0.1) is 4.90 Å². The first-order valence-corrected chi connectivity index (χ1v) is 11.3. The third-order valence-corrected chi connectivity index (χ3v) is 6.02. The van der Waals surface area contributed by atoms with Gasteiger partial charge >= 0.3 is 0 Å². The molecular weight excluding hydrogens is 406 g/mol. The van der Waals surface area contributed by atoms with E-state index < -0.39 is 10.0 Å². The molecule has 0 aliphatic rings. The van der Waals surface area contributed by atoms with E-state index in [4.69, 9.17) is 5.14 Å². The predicted molar refractivity (Wildman–Crippen MR) is 123 cm³/mol. The predicted octanol–water partition coefficient (Wildman–Crippen LogP) is 4.38. The molecule has 0 fully saturated rings.